The fourth-order valence-corrected chi connectivity index (χ4v) is 2.72. The van der Waals surface area contributed by atoms with Gasteiger partial charge in [0.25, 0.3) is 5.91 Å². The molecule has 0 saturated heterocycles. The highest BCUT2D eigenvalue weighted by molar-refractivity contribution is 6.05. The average molecular weight is 387 g/mol. The molecule has 0 atom stereocenters. The first-order valence-electron chi connectivity index (χ1n) is 8.59. The molecule has 0 aliphatic heterocycles. The van der Waals surface area contributed by atoms with Crippen molar-refractivity contribution in [3.63, 3.8) is 0 Å². The van der Waals surface area contributed by atoms with Gasteiger partial charge in [-0.1, -0.05) is 11.1 Å². The van der Waals surface area contributed by atoms with E-state index < -0.39 is 11.7 Å². The van der Waals surface area contributed by atoms with Gasteiger partial charge in [-0.15, -0.1) is 11.5 Å². The Kier molecular flexibility index (Phi) is 4.86. The molecule has 0 aliphatic carbocycles. The third kappa shape index (κ3) is 3.89. The van der Waals surface area contributed by atoms with Gasteiger partial charge < -0.3 is 10.1 Å². The van der Waals surface area contributed by atoms with Crippen LogP contribution < -0.4 is 10.1 Å². The van der Waals surface area contributed by atoms with E-state index in [2.05, 4.69) is 31.6 Å². The third-order valence-corrected chi connectivity index (χ3v) is 4.13. The molecule has 2 N–H and O–H groups in total. The molecule has 8 heteroatoms. The molecule has 4 aromatic rings. The Balaban J connectivity index is 1.56. The number of carbonyl (C=O) groups is 1. The van der Waals surface area contributed by atoms with E-state index >= 15 is 0 Å². The maximum Gasteiger partial charge on any atom is 0.258 e. The summed E-state index contributed by atoms with van der Waals surface area (Å²) in [6.45, 7) is 0.151. The van der Waals surface area contributed by atoms with E-state index in [4.69, 9.17) is 11.2 Å². The zero-order valence-corrected chi connectivity index (χ0v) is 15.0. The Morgan fingerprint density at radius 3 is 2.79 bits per heavy atom. The number of benzene rings is 2. The van der Waals surface area contributed by atoms with Crippen LogP contribution in [0.2, 0.25) is 0 Å². The maximum absolute atomic E-state index is 14.3. The monoisotopic (exact) mass is 387 g/mol. The van der Waals surface area contributed by atoms with Gasteiger partial charge in [-0.05, 0) is 54.6 Å². The molecule has 0 bridgehead atoms. The molecule has 2 aromatic heterocycles. The van der Waals surface area contributed by atoms with E-state index in [9.17, 15) is 9.18 Å². The van der Waals surface area contributed by atoms with Gasteiger partial charge in [0.2, 0.25) is 0 Å². The van der Waals surface area contributed by atoms with Gasteiger partial charge in [-0.2, -0.15) is 0 Å². The molecular weight excluding hydrogens is 373 g/mol. The number of nitrogens with zero attached hydrogens (tertiary/aromatic N) is 3. The van der Waals surface area contributed by atoms with Crippen molar-refractivity contribution >= 4 is 22.8 Å². The minimum Gasteiger partial charge on any atom is -0.481 e. The number of terminal acetylenes is 1. The Morgan fingerprint density at radius 1 is 1.17 bits per heavy atom. The molecule has 7 nitrogen and oxygen atoms in total. The van der Waals surface area contributed by atoms with E-state index in [1.807, 2.05) is 0 Å². The number of hydrogen-bond acceptors (Lipinski definition) is 5. The standard InChI is InChI=1S/C21H14FN5O2/c1-2-11-29-15-6-4-14(5-7-15)23-21(28)16-12-13(3-8-17(16)22)18-9-10-19-20(24-18)26-27-25-19/h1,3-10,12H,11H2,(H,23,28)(H,24,25,26,27). The van der Waals surface area contributed by atoms with Crippen LogP contribution in [-0.4, -0.2) is 32.9 Å². The molecule has 2 aromatic carbocycles. The predicted molar refractivity (Wildman–Crippen MR) is 106 cm³/mol. The summed E-state index contributed by atoms with van der Waals surface area (Å²) in [4.78, 5) is 17.0. The number of anilines is 1. The summed E-state index contributed by atoms with van der Waals surface area (Å²) in [5.74, 6) is 1.73. The molecule has 2 heterocycles. The quantitative estimate of drug-likeness (QED) is 0.512. The van der Waals surface area contributed by atoms with Crippen LogP contribution in [-0.2, 0) is 0 Å². The van der Waals surface area contributed by atoms with Crippen LogP contribution in [0.15, 0.2) is 54.6 Å². The molecule has 0 fully saturated rings. The number of aromatic amines is 1. The van der Waals surface area contributed by atoms with Crippen molar-refractivity contribution in [2.75, 3.05) is 11.9 Å². The van der Waals surface area contributed by atoms with Crippen molar-refractivity contribution in [2.24, 2.45) is 0 Å². The Bertz CT molecular complexity index is 1230. The van der Waals surface area contributed by atoms with E-state index in [0.29, 0.717) is 33.9 Å². The minimum absolute atomic E-state index is 0.0974. The molecule has 0 radical (unpaired) electrons. The van der Waals surface area contributed by atoms with E-state index in [1.165, 1.54) is 12.1 Å². The second-order valence-corrected chi connectivity index (χ2v) is 6.04. The molecular formula is C21H14FN5O2. The number of pyridine rings is 1. The number of H-pyrrole nitrogens is 1. The number of nitrogens with one attached hydrogen (secondary N) is 2. The van der Waals surface area contributed by atoms with Crippen molar-refractivity contribution in [2.45, 2.75) is 0 Å². The highest BCUT2D eigenvalue weighted by Gasteiger charge is 2.15. The molecule has 142 valence electrons. The summed E-state index contributed by atoms with van der Waals surface area (Å²) < 4.78 is 19.6. The minimum atomic E-state index is -0.635. The normalized spacial score (nSPS) is 10.5. The number of ether oxygens (including phenoxy) is 1. The lowest BCUT2D eigenvalue weighted by Crippen LogP contribution is -2.14. The van der Waals surface area contributed by atoms with Crippen LogP contribution in [0.4, 0.5) is 10.1 Å². The third-order valence-electron chi connectivity index (χ3n) is 4.13. The average Bonchev–Trinajstić information content (AvgIpc) is 3.21. The summed E-state index contributed by atoms with van der Waals surface area (Å²) in [5.41, 5.74) is 2.67. The van der Waals surface area contributed by atoms with Crippen molar-refractivity contribution < 1.29 is 13.9 Å². The fraction of sp³-hybridized carbons (Fsp3) is 0.0476. The SMILES string of the molecule is C#CCOc1ccc(NC(=O)c2cc(-c3ccc4nn[nH]c4n3)ccc2F)cc1. The van der Waals surface area contributed by atoms with Gasteiger partial charge in [0.05, 0.1) is 11.3 Å². The van der Waals surface area contributed by atoms with E-state index in [1.54, 1.807) is 42.5 Å². The number of amides is 1. The van der Waals surface area contributed by atoms with Gasteiger partial charge >= 0.3 is 0 Å². The van der Waals surface area contributed by atoms with Gasteiger partial charge in [-0.3, -0.25) is 4.79 Å². The highest BCUT2D eigenvalue weighted by atomic mass is 19.1. The molecule has 0 aliphatic rings. The van der Waals surface area contributed by atoms with Gasteiger partial charge in [0, 0.05) is 11.3 Å². The molecule has 4 rings (SSSR count). The summed E-state index contributed by atoms with van der Waals surface area (Å²) >= 11 is 0. The van der Waals surface area contributed by atoms with Gasteiger partial charge in [-0.25, -0.2) is 14.5 Å². The van der Waals surface area contributed by atoms with Crippen molar-refractivity contribution in [3.8, 4) is 29.4 Å². The Hall–Kier alpha value is -4.25. The van der Waals surface area contributed by atoms with Gasteiger partial charge in [0.1, 0.15) is 23.7 Å². The van der Waals surface area contributed by atoms with Crippen LogP contribution in [0.1, 0.15) is 10.4 Å². The molecule has 1 amide bonds. The summed E-state index contributed by atoms with van der Waals surface area (Å²) in [7, 11) is 0. The second kappa shape index (κ2) is 7.78. The largest absolute Gasteiger partial charge is 0.481 e. The van der Waals surface area contributed by atoms with Crippen LogP contribution in [0, 0.1) is 18.2 Å². The summed E-state index contributed by atoms with van der Waals surface area (Å²) in [6, 6.07) is 14.3. The van der Waals surface area contributed by atoms with Crippen molar-refractivity contribution in [1.29, 1.82) is 0 Å². The number of rotatable bonds is 5. The number of halogens is 1. The molecule has 0 saturated carbocycles. The first-order chi connectivity index (χ1) is 14.1. The first kappa shape index (κ1) is 18.1. The Labute approximate surface area is 164 Å². The lowest BCUT2D eigenvalue weighted by atomic mass is 10.1. The zero-order chi connectivity index (χ0) is 20.2. The highest BCUT2D eigenvalue weighted by Crippen LogP contribution is 2.23. The molecule has 29 heavy (non-hydrogen) atoms. The second-order valence-electron chi connectivity index (χ2n) is 6.04. The maximum atomic E-state index is 14.3. The smallest absolute Gasteiger partial charge is 0.258 e. The number of aromatic nitrogens is 4. The topological polar surface area (TPSA) is 92.8 Å². The van der Waals surface area contributed by atoms with E-state index in [-0.39, 0.29) is 12.2 Å². The zero-order valence-electron chi connectivity index (χ0n) is 15.0. The van der Waals surface area contributed by atoms with Crippen LogP contribution in [0.3, 0.4) is 0 Å². The van der Waals surface area contributed by atoms with Crippen LogP contribution >= 0.6 is 0 Å². The first-order valence-corrected chi connectivity index (χ1v) is 8.59. The molecule has 0 unspecified atom stereocenters. The fourth-order valence-electron chi connectivity index (χ4n) is 2.72. The van der Waals surface area contributed by atoms with Crippen molar-refractivity contribution in [3.05, 3.63) is 66.0 Å². The lowest BCUT2D eigenvalue weighted by molar-refractivity contribution is 0.102. The lowest BCUT2D eigenvalue weighted by Gasteiger charge is -2.09. The number of hydrogen-bond donors (Lipinski definition) is 2. The summed E-state index contributed by atoms with van der Waals surface area (Å²) in [5, 5.41) is 12.9. The number of fused-ring (bicyclic) bond motifs is 1. The van der Waals surface area contributed by atoms with Gasteiger partial charge in [0.15, 0.2) is 5.65 Å². The van der Waals surface area contributed by atoms with E-state index in [0.717, 1.165) is 0 Å². The van der Waals surface area contributed by atoms with Crippen LogP contribution in [0.25, 0.3) is 22.4 Å². The predicted octanol–water partition coefficient (Wildman–Crippen LogP) is 3.42. The number of carbonyl (C=O) groups excluding carboxylic acids is 1. The molecule has 0 spiro atoms. The van der Waals surface area contributed by atoms with Crippen molar-refractivity contribution in [1.82, 2.24) is 20.4 Å². The van der Waals surface area contributed by atoms with Crippen LogP contribution in [0.5, 0.6) is 5.75 Å². The summed E-state index contributed by atoms with van der Waals surface area (Å²) in [6.07, 6.45) is 5.15. The Morgan fingerprint density at radius 2 is 2.00 bits per heavy atom.